The highest BCUT2D eigenvalue weighted by atomic mass is 127. The molecule has 0 radical (unpaired) electrons. The summed E-state index contributed by atoms with van der Waals surface area (Å²) in [6.45, 7) is 0. The Morgan fingerprint density at radius 1 is 0.750 bits per heavy atom. The number of terminal acetylenes is 1. The molecule has 16 heavy (non-hydrogen) atoms. The molecule has 0 aliphatic rings. The summed E-state index contributed by atoms with van der Waals surface area (Å²) >= 11 is 1.70. The van der Waals surface area contributed by atoms with Gasteiger partial charge in [0, 0.05) is 41.6 Å². The first-order chi connectivity index (χ1) is 8.27. The van der Waals surface area contributed by atoms with Crippen molar-refractivity contribution in [1.29, 1.82) is 0 Å². The Morgan fingerprint density at radius 3 is 1.50 bits per heavy atom. The molecule has 0 unspecified atom stereocenters. The molecule has 0 aliphatic carbocycles. The fourth-order valence-electron chi connectivity index (χ4n) is 0.366. The minimum Gasteiger partial charge on any atom is -0.287 e. The zero-order chi connectivity index (χ0) is 12.8. The van der Waals surface area contributed by atoms with E-state index in [-0.39, 0.29) is 0 Å². The van der Waals surface area contributed by atoms with Crippen molar-refractivity contribution in [2.75, 3.05) is 0 Å². The smallest absolute Gasteiger partial charge is 0.183 e. The van der Waals surface area contributed by atoms with E-state index in [0.29, 0.717) is 0 Å². The Kier molecular flexibility index (Phi) is 8.97. The first kappa shape index (κ1) is 11.5. The monoisotopic (exact) mass is 313 g/mol. The van der Waals surface area contributed by atoms with Gasteiger partial charge in [-0.2, -0.15) is 0 Å². The highest BCUT2D eigenvalue weighted by molar-refractivity contribution is 14.1. The number of nitrogens with one attached hydrogen (secondary N) is 1. The Balaban J connectivity index is 4.24. The molecule has 0 aromatic rings. The van der Waals surface area contributed by atoms with Crippen LogP contribution in [0.3, 0.4) is 0 Å². The molecule has 0 atom stereocenters. The minimum absolute atomic E-state index is 0.923. The molecule has 0 amide bonds. The molecule has 0 rings (SSSR count). The highest BCUT2D eigenvalue weighted by Gasteiger charge is 1.57. The summed E-state index contributed by atoms with van der Waals surface area (Å²) in [7, 11) is 0. The van der Waals surface area contributed by atoms with Gasteiger partial charge in [-0.3, -0.25) is 3.52 Å². The summed E-state index contributed by atoms with van der Waals surface area (Å²) in [6.07, 6.45) is 4.88. The zero-order valence-corrected chi connectivity index (χ0v) is 10.1. The van der Waals surface area contributed by atoms with E-state index in [0.717, 1.165) is 3.52 Å². The third kappa shape index (κ3) is 11.4. The van der Waals surface area contributed by atoms with Gasteiger partial charge in [0.15, 0.2) is 1.41 Å². The van der Waals surface area contributed by atoms with Crippen LogP contribution in [-0.2, 0) is 0 Å². The Morgan fingerprint density at radius 2 is 1.12 bits per heavy atom. The van der Waals surface area contributed by atoms with Crippen LogP contribution >= 0.6 is 22.9 Å². The van der Waals surface area contributed by atoms with Crippen LogP contribution in [0.5, 0.6) is 0 Å². The van der Waals surface area contributed by atoms with Gasteiger partial charge < -0.3 is 0 Å². The van der Waals surface area contributed by atoms with E-state index in [2.05, 4.69) is 77.1 Å². The summed E-state index contributed by atoms with van der Waals surface area (Å²) in [4.78, 5) is 0. The lowest BCUT2D eigenvalue weighted by Gasteiger charge is -1.65. The van der Waals surface area contributed by atoms with E-state index in [1.54, 1.807) is 22.9 Å². The van der Waals surface area contributed by atoms with E-state index in [9.17, 15) is 0 Å². The Labute approximate surface area is 111 Å². The van der Waals surface area contributed by atoms with Crippen molar-refractivity contribution in [3.8, 4) is 83.5 Å². The van der Waals surface area contributed by atoms with E-state index in [1.165, 1.54) is 0 Å². The van der Waals surface area contributed by atoms with E-state index in [4.69, 9.17) is 7.84 Å². The van der Waals surface area contributed by atoms with Gasteiger partial charge in [0.05, 0.1) is 22.9 Å². The lowest BCUT2D eigenvalue weighted by Crippen LogP contribution is -1.77. The lowest BCUT2D eigenvalue weighted by molar-refractivity contribution is 1.61. The summed E-state index contributed by atoms with van der Waals surface area (Å²) < 4.78 is 7.82. The zero-order valence-electron chi connectivity index (χ0n) is 8.90. The number of rotatable bonds is 0. The molecule has 0 aliphatic heterocycles. The van der Waals surface area contributed by atoms with Crippen LogP contribution in [0.1, 0.15) is 0 Å². The lowest BCUT2D eigenvalue weighted by atomic mass is 10.5. The second-order valence-electron chi connectivity index (χ2n) is 1.72. The molecule has 2 heteroatoms. The Bertz CT molecular complexity index is 672. The first-order valence-electron chi connectivity index (χ1n) is 4.13. The third-order valence-electron chi connectivity index (χ3n) is 0.795. The first-order valence-corrected chi connectivity index (χ1v) is 4.65. The molecule has 0 aromatic carbocycles. The third-order valence-corrected chi connectivity index (χ3v) is 1.04. The topological polar surface area (TPSA) is 12.0 Å². The molecular weight excluding hydrogens is 309 g/mol. The molecule has 1 nitrogen and oxygen atoms in total. The van der Waals surface area contributed by atoms with Crippen LogP contribution in [0.25, 0.3) is 0 Å². The van der Waals surface area contributed by atoms with Gasteiger partial charge in [0.25, 0.3) is 0 Å². The van der Waals surface area contributed by atoms with Crippen LogP contribution in [-0.4, -0.2) is 0 Å². The fraction of sp³-hybridized carbons (Fsp3) is 0. The molecule has 0 spiro atoms. The molecule has 0 fully saturated rings. The van der Waals surface area contributed by atoms with Crippen molar-refractivity contribution >= 4 is 22.9 Å². The van der Waals surface area contributed by atoms with Crippen LogP contribution in [0, 0.1) is 83.5 Å². The molecule has 70 valence electrons. The van der Waals surface area contributed by atoms with Crippen molar-refractivity contribution in [2.45, 2.75) is 0 Å². The van der Waals surface area contributed by atoms with E-state index in [1.807, 2.05) is 0 Å². The molecule has 0 bridgehead atoms. The maximum atomic E-state index is 6.90. The van der Waals surface area contributed by atoms with Crippen LogP contribution in [0.4, 0.5) is 0 Å². The molecule has 0 aromatic heterocycles. The average Bonchev–Trinajstić information content (AvgIpc) is 2.30. The van der Waals surface area contributed by atoms with Gasteiger partial charge in [-0.25, -0.2) is 0 Å². The molecule has 0 heterocycles. The second kappa shape index (κ2) is 12.4. The van der Waals surface area contributed by atoms with Crippen molar-refractivity contribution < 1.29 is 1.41 Å². The van der Waals surface area contributed by atoms with Gasteiger partial charge in [-0.05, 0) is 35.5 Å². The molecule has 0 saturated carbocycles. The SMILES string of the molecule is [3H]N(I)C#CC#CC#CC#CC#CC#CC#C. The van der Waals surface area contributed by atoms with Crippen molar-refractivity contribution in [3.05, 3.63) is 0 Å². The molecule has 1 N–H and O–H groups in total. The summed E-state index contributed by atoms with van der Waals surface area (Å²) in [5.41, 5.74) is 0. The van der Waals surface area contributed by atoms with Gasteiger partial charge in [-0.15, -0.1) is 6.42 Å². The standard InChI is InChI=1S/C14H2IN/c1-2-3-4-5-6-7-8-9-10-11-12-13-14-16-15/h1,16H/i/hT. The summed E-state index contributed by atoms with van der Waals surface area (Å²) in [6, 6.07) is 2.38. The number of halogens is 1. The van der Waals surface area contributed by atoms with Crippen molar-refractivity contribution in [3.63, 3.8) is 0 Å². The van der Waals surface area contributed by atoms with Crippen LogP contribution in [0.2, 0.25) is 1.41 Å². The Hall–Kier alpha value is -2.55. The van der Waals surface area contributed by atoms with E-state index < -0.39 is 0 Å². The highest BCUT2D eigenvalue weighted by Crippen LogP contribution is 1.60. The average molecular weight is 313 g/mol. The largest absolute Gasteiger partial charge is 0.287 e. The fourth-order valence-corrected chi connectivity index (χ4v) is 0.487. The quantitative estimate of drug-likeness (QED) is 0.298. The van der Waals surface area contributed by atoms with Gasteiger partial charge in [0.1, 0.15) is 0 Å². The van der Waals surface area contributed by atoms with Crippen molar-refractivity contribution in [1.82, 2.24) is 3.52 Å². The maximum absolute atomic E-state index is 6.90. The number of hydrogen-bond donors (Lipinski definition) is 1. The predicted octanol–water partition coefficient (Wildman–Crippen LogP) is 0.537. The molecule has 0 saturated heterocycles. The minimum atomic E-state index is 0.923. The normalized spacial score (nSPS) is 4.88. The van der Waals surface area contributed by atoms with Crippen molar-refractivity contribution in [2.24, 2.45) is 0 Å². The van der Waals surface area contributed by atoms with Crippen LogP contribution in [0.15, 0.2) is 0 Å². The van der Waals surface area contributed by atoms with Gasteiger partial charge in [0.2, 0.25) is 0 Å². The predicted molar refractivity (Wildman–Crippen MR) is 72.6 cm³/mol. The van der Waals surface area contributed by atoms with E-state index >= 15 is 0 Å². The summed E-state index contributed by atoms with van der Waals surface area (Å²) in [5.74, 6) is 28.8. The van der Waals surface area contributed by atoms with Gasteiger partial charge in [-0.1, -0.05) is 0 Å². The second-order valence-corrected chi connectivity index (χ2v) is 2.20. The summed E-state index contributed by atoms with van der Waals surface area (Å²) in [5, 5.41) is 0. The van der Waals surface area contributed by atoms with Gasteiger partial charge >= 0.3 is 0 Å². The van der Waals surface area contributed by atoms with Crippen LogP contribution < -0.4 is 3.52 Å². The molecular formula is C14H2IN. The maximum Gasteiger partial charge on any atom is 0.183 e. The number of hydrogen-bond acceptors (Lipinski definition) is 1.